The molecule has 0 atom stereocenters. The number of amides is 1. The highest BCUT2D eigenvalue weighted by Crippen LogP contribution is 2.06. The average molecular weight is 209 g/mol. The lowest BCUT2D eigenvalue weighted by atomic mass is 10.3. The summed E-state index contributed by atoms with van der Waals surface area (Å²) in [7, 11) is 0. The molecular formula is C10H15N3O2. The van der Waals surface area contributed by atoms with Crippen LogP contribution in [-0.4, -0.2) is 30.6 Å². The Morgan fingerprint density at radius 1 is 1.60 bits per heavy atom. The van der Waals surface area contributed by atoms with Gasteiger partial charge in [-0.1, -0.05) is 13.0 Å². The van der Waals surface area contributed by atoms with Gasteiger partial charge in [0.05, 0.1) is 0 Å². The van der Waals surface area contributed by atoms with Gasteiger partial charge < -0.3 is 15.8 Å². The standard InChI is InChI=1S/C10H15N3O2/c1-2-12-6-7-15-9-5-3-4-8(13-9)10(11)14/h3-5,12H,2,6-7H2,1H3,(H2,11,14). The third-order valence-corrected chi connectivity index (χ3v) is 1.75. The van der Waals surface area contributed by atoms with E-state index >= 15 is 0 Å². The number of nitrogens with one attached hydrogen (secondary N) is 1. The molecule has 3 N–H and O–H groups in total. The lowest BCUT2D eigenvalue weighted by Crippen LogP contribution is -2.21. The molecule has 15 heavy (non-hydrogen) atoms. The lowest BCUT2D eigenvalue weighted by molar-refractivity contribution is 0.0994. The first-order valence-electron chi connectivity index (χ1n) is 4.84. The van der Waals surface area contributed by atoms with E-state index in [4.69, 9.17) is 10.5 Å². The van der Waals surface area contributed by atoms with Crippen LogP contribution >= 0.6 is 0 Å². The van der Waals surface area contributed by atoms with E-state index in [0.29, 0.717) is 12.5 Å². The zero-order valence-electron chi connectivity index (χ0n) is 8.69. The molecule has 0 aliphatic rings. The highest BCUT2D eigenvalue weighted by Gasteiger charge is 2.03. The predicted octanol–water partition coefficient (Wildman–Crippen LogP) is 0.169. The molecule has 0 unspecified atom stereocenters. The minimum atomic E-state index is -0.549. The third-order valence-electron chi connectivity index (χ3n) is 1.75. The normalized spacial score (nSPS) is 9.93. The number of ether oxygens (including phenoxy) is 1. The SMILES string of the molecule is CCNCCOc1cccc(C(N)=O)n1. The van der Waals surface area contributed by atoms with Crippen LogP contribution < -0.4 is 15.8 Å². The van der Waals surface area contributed by atoms with E-state index in [9.17, 15) is 4.79 Å². The summed E-state index contributed by atoms with van der Waals surface area (Å²) in [5.41, 5.74) is 5.31. The van der Waals surface area contributed by atoms with Gasteiger partial charge in [0.1, 0.15) is 12.3 Å². The van der Waals surface area contributed by atoms with Gasteiger partial charge in [-0.25, -0.2) is 4.98 Å². The Kier molecular flexibility index (Phi) is 4.56. The van der Waals surface area contributed by atoms with Gasteiger partial charge in [-0.2, -0.15) is 0 Å². The molecule has 0 fully saturated rings. The summed E-state index contributed by atoms with van der Waals surface area (Å²) in [5.74, 6) is -0.128. The summed E-state index contributed by atoms with van der Waals surface area (Å²) in [5, 5.41) is 3.11. The van der Waals surface area contributed by atoms with Crippen molar-refractivity contribution in [2.24, 2.45) is 5.73 Å². The largest absolute Gasteiger partial charge is 0.476 e. The number of hydrogen-bond acceptors (Lipinski definition) is 4. The molecule has 82 valence electrons. The lowest BCUT2D eigenvalue weighted by Gasteiger charge is -2.05. The van der Waals surface area contributed by atoms with Crippen molar-refractivity contribution in [3.8, 4) is 5.88 Å². The molecular weight excluding hydrogens is 194 g/mol. The quantitative estimate of drug-likeness (QED) is 0.655. The van der Waals surface area contributed by atoms with Crippen molar-refractivity contribution in [2.45, 2.75) is 6.92 Å². The minimum absolute atomic E-state index is 0.218. The second-order valence-corrected chi connectivity index (χ2v) is 2.93. The molecule has 5 heteroatoms. The van der Waals surface area contributed by atoms with Crippen LogP contribution in [0.5, 0.6) is 5.88 Å². The number of primary amides is 1. The first-order valence-corrected chi connectivity index (χ1v) is 4.84. The first kappa shape index (κ1) is 11.5. The van der Waals surface area contributed by atoms with E-state index < -0.39 is 5.91 Å². The molecule has 0 aliphatic carbocycles. The molecule has 0 aromatic carbocycles. The van der Waals surface area contributed by atoms with Crippen molar-refractivity contribution >= 4 is 5.91 Å². The maximum atomic E-state index is 10.8. The summed E-state index contributed by atoms with van der Waals surface area (Å²) in [6.07, 6.45) is 0. The van der Waals surface area contributed by atoms with Gasteiger partial charge in [-0.05, 0) is 12.6 Å². The number of carbonyl (C=O) groups is 1. The number of nitrogens with two attached hydrogens (primary N) is 1. The molecule has 0 radical (unpaired) electrons. The molecule has 0 saturated carbocycles. The van der Waals surface area contributed by atoms with Crippen LogP contribution in [0.4, 0.5) is 0 Å². The van der Waals surface area contributed by atoms with Crippen LogP contribution in [0, 0.1) is 0 Å². The molecule has 1 aromatic heterocycles. The van der Waals surface area contributed by atoms with E-state index in [1.807, 2.05) is 6.92 Å². The topological polar surface area (TPSA) is 77.2 Å². The van der Waals surface area contributed by atoms with Gasteiger partial charge in [0, 0.05) is 12.6 Å². The molecule has 0 bridgehead atoms. The Morgan fingerprint density at radius 2 is 2.40 bits per heavy atom. The van der Waals surface area contributed by atoms with Gasteiger partial charge in [0.2, 0.25) is 5.88 Å². The Bertz CT molecular complexity index is 328. The first-order chi connectivity index (χ1) is 7.24. The van der Waals surface area contributed by atoms with E-state index in [2.05, 4.69) is 10.3 Å². The van der Waals surface area contributed by atoms with Crippen molar-refractivity contribution in [3.05, 3.63) is 23.9 Å². The Labute approximate surface area is 88.6 Å². The van der Waals surface area contributed by atoms with Gasteiger partial charge in [0.25, 0.3) is 5.91 Å². The number of nitrogens with zero attached hydrogens (tertiary/aromatic N) is 1. The monoisotopic (exact) mass is 209 g/mol. The molecule has 1 rings (SSSR count). The summed E-state index contributed by atoms with van der Waals surface area (Å²) in [6.45, 7) is 4.19. The fourth-order valence-electron chi connectivity index (χ4n) is 1.04. The number of rotatable bonds is 6. The Morgan fingerprint density at radius 3 is 3.07 bits per heavy atom. The third kappa shape index (κ3) is 3.95. The number of hydrogen-bond donors (Lipinski definition) is 2. The van der Waals surface area contributed by atoms with Crippen LogP contribution in [0.3, 0.4) is 0 Å². The smallest absolute Gasteiger partial charge is 0.267 e. The summed E-state index contributed by atoms with van der Waals surface area (Å²) in [4.78, 5) is 14.8. The maximum absolute atomic E-state index is 10.8. The van der Waals surface area contributed by atoms with Crippen molar-refractivity contribution in [3.63, 3.8) is 0 Å². The Balaban J connectivity index is 2.47. The molecule has 0 saturated heterocycles. The molecule has 5 nitrogen and oxygen atoms in total. The summed E-state index contributed by atoms with van der Waals surface area (Å²) in [6, 6.07) is 4.94. The fraction of sp³-hybridized carbons (Fsp3) is 0.400. The predicted molar refractivity (Wildman–Crippen MR) is 56.8 cm³/mol. The Hall–Kier alpha value is -1.62. The zero-order valence-corrected chi connectivity index (χ0v) is 8.69. The number of pyridine rings is 1. The van der Waals surface area contributed by atoms with E-state index in [1.165, 1.54) is 0 Å². The average Bonchev–Trinajstić information content (AvgIpc) is 2.25. The second-order valence-electron chi connectivity index (χ2n) is 2.93. The van der Waals surface area contributed by atoms with Crippen molar-refractivity contribution in [1.29, 1.82) is 0 Å². The minimum Gasteiger partial charge on any atom is -0.476 e. The number of aromatic nitrogens is 1. The van der Waals surface area contributed by atoms with Crippen LogP contribution in [0.25, 0.3) is 0 Å². The number of likely N-dealkylation sites (N-methyl/N-ethyl adjacent to an activating group) is 1. The van der Waals surface area contributed by atoms with Crippen LogP contribution in [0.15, 0.2) is 18.2 Å². The van der Waals surface area contributed by atoms with E-state index in [1.54, 1.807) is 18.2 Å². The second kappa shape index (κ2) is 5.98. The van der Waals surface area contributed by atoms with Crippen LogP contribution in [0.1, 0.15) is 17.4 Å². The summed E-state index contributed by atoms with van der Waals surface area (Å²) < 4.78 is 5.32. The van der Waals surface area contributed by atoms with Crippen molar-refractivity contribution in [1.82, 2.24) is 10.3 Å². The van der Waals surface area contributed by atoms with Crippen molar-refractivity contribution in [2.75, 3.05) is 19.7 Å². The van der Waals surface area contributed by atoms with Crippen LogP contribution in [-0.2, 0) is 0 Å². The van der Waals surface area contributed by atoms with Gasteiger partial charge in [-0.3, -0.25) is 4.79 Å². The van der Waals surface area contributed by atoms with Gasteiger partial charge >= 0.3 is 0 Å². The van der Waals surface area contributed by atoms with Crippen molar-refractivity contribution < 1.29 is 9.53 Å². The molecule has 0 spiro atoms. The highest BCUT2D eigenvalue weighted by atomic mass is 16.5. The summed E-state index contributed by atoms with van der Waals surface area (Å²) >= 11 is 0. The van der Waals surface area contributed by atoms with Gasteiger partial charge in [0.15, 0.2) is 0 Å². The van der Waals surface area contributed by atoms with Gasteiger partial charge in [-0.15, -0.1) is 0 Å². The fourth-order valence-corrected chi connectivity index (χ4v) is 1.04. The zero-order chi connectivity index (χ0) is 11.1. The maximum Gasteiger partial charge on any atom is 0.267 e. The molecule has 1 heterocycles. The van der Waals surface area contributed by atoms with E-state index in [0.717, 1.165) is 13.1 Å². The number of carbonyl (C=O) groups excluding carboxylic acids is 1. The molecule has 1 aromatic rings. The molecule has 0 aliphatic heterocycles. The van der Waals surface area contributed by atoms with E-state index in [-0.39, 0.29) is 5.69 Å². The molecule has 1 amide bonds. The van der Waals surface area contributed by atoms with Crippen LogP contribution in [0.2, 0.25) is 0 Å². The highest BCUT2D eigenvalue weighted by molar-refractivity contribution is 5.90.